The number of nitriles is 1. The van der Waals surface area contributed by atoms with E-state index in [1.54, 1.807) is 0 Å². The molecule has 1 atom stereocenters. The molecule has 0 aromatic carbocycles. The predicted molar refractivity (Wildman–Crippen MR) is 117 cm³/mol. The fraction of sp³-hybridized carbons (Fsp3) is 0.708. The summed E-state index contributed by atoms with van der Waals surface area (Å²) in [5.41, 5.74) is 3.09. The molecule has 1 saturated carbocycles. The molecule has 2 aromatic rings. The number of hydrogen-bond acceptors (Lipinski definition) is 4. The minimum atomic E-state index is -0.309. The molecule has 0 spiro atoms. The van der Waals surface area contributed by atoms with E-state index in [-0.39, 0.29) is 11.2 Å². The topological polar surface area (TPSA) is 75.6 Å². The number of rotatable bonds is 4. The zero-order valence-electron chi connectivity index (χ0n) is 18.0. The Morgan fingerprint density at radius 3 is 2.57 bits per heavy atom. The molecule has 2 aliphatic carbocycles. The van der Waals surface area contributed by atoms with Crippen LogP contribution in [0.4, 0.5) is 0 Å². The lowest BCUT2D eigenvalue weighted by Gasteiger charge is -2.41. The molecule has 30 heavy (non-hydrogen) atoms. The summed E-state index contributed by atoms with van der Waals surface area (Å²) in [6, 6.07) is 2.25. The Balaban J connectivity index is 1.77. The number of aromatic nitrogens is 3. The van der Waals surface area contributed by atoms with E-state index in [4.69, 9.17) is 0 Å². The summed E-state index contributed by atoms with van der Waals surface area (Å²) in [6.07, 6.45) is 16.1. The van der Waals surface area contributed by atoms with Gasteiger partial charge >= 0.3 is 0 Å². The molecule has 0 radical (unpaired) electrons. The van der Waals surface area contributed by atoms with Gasteiger partial charge in [-0.1, -0.05) is 25.7 Å². The number of nitrogens with zero attached hydrogens (tertiary/aromatic N) is 4. The van der Waals surface area contributed by atoms with Gasteiger partial charge in [0.05, 0.1) is 25.2 Å². The molecule has 2 fully saturated rings. The summed E-state index contributed by atoms with van der Waals surface area (Å²) in [7, 11) is 0. The number of pyridine rings is 1. The number of aryl methyl sites for hydroxylation is 2. The first-order valence-electron chi connectivity index (χ1n) is 12.0. The molecule has 3 heterocycles. The monoisotopic (exact) mass is 407 g/mol. The van der Waals surface area contributed by atoms with Gasteiger partial charge in [0, 0.05) is 10.9 Å². The number of nitrogens with one attached hydrogen (secondary N) is 1. The minimum absolute atomic E-state index is 0.203. The summed E-state index contributed by atoms with van der Waals surface area (Å²) in [5, 5.41) is 18.9. The summed E-state index contributed by atoms with van der Waals surface area (Å²) in [5.74, 6) is 0.476. The molecule has 1 N–H and O–H groups in total. The Labute approximate surface area is 178 Å². The second-order valence-corrected chi connectivity index (χ2v) is 9.46. The SMILES string of the molecule is N#CCCn1ncc2c3c(c(=O)n([C@@]4(C5CCCCCC5)CCCN4)c21)CCCC3. The standard InChI is InChI=1S/C24H33N5O/c25-14-8-16-28-22-21(17-27-28)19-11-5-6-12-20(19)23(30)29(22)24(13-7-15-26-24)18-9-3-1-2-4-10-18/h17-18,26H,1-13,15-16H2/t24-/m1/s1. The molecular formula is C24H33N5O. The smallest absolute Gasteiger partial charge is 0.257 e. The van der Waals surface area contributed by atoms with Gasteiger partial charge in [-0.15, -0.1) is 0 Å². The van der Waals surface area contributed by atoms with Crippen LogP contribution in [0.3, 0.4) is 0 Å². The maximum Gasteiger partial charge on any atom is 0.257 e. The van der Waals surface area contributed by atoms with E-state index in [0.29, 0.717) is 18.9 Å². The number of hydrogen-bond donors (Lipinski definition) is 1. The van der Waals surface area contributed by atoms with E-state index in [2.05, 4.69) is 21.1 Å². The highest BCUT2D eigenvalue weighted by Crippen LogP contribution is 2.42. The third-order valence-electron chi connectivity index (χ3n) is 7.81. The molecule has 0 amide bonds. The van der Waals surface area contributed by atoms with Gasteiger partial charge in [-0.25, -0.2) is 4.68 Å². The van der Waals surface area contributed by atoms with Crippen LogP contribution >= 0.6 is 0 Å². The van der Waals surface area contributed by atoms with Gasteiger partial charge in [0.1, 0.15) is 11.3 Å². The first-order valence-corrected chi connectivity index (χ1v) is 12.0. The summed E-state index contributed by atoms with van der Waals surface area (Å²) < 4.78 is 4.08. The van der Waals surface area contributed by atoms with Crippen LogP contribution in [0.25, 0.3) is 11.0 Å². The Morgan fingerprint density at radius 1 is 1.10 bits per heavy atom. The van der Waals surface area contributed by atoms with Gasteiger partial charge in [-0.2, -0.15) is 10.4 Å². The van der Waals surface area contributed by atoms with Gasteiger partial charge in [0.25, 0.3) is 5.56 Å². The van der Waals surface area contributed by atoms with E-state index in [1.165, 1.54) is 44.1 Å². The van der Waals surface area contributed by atoms with Gasteiger partial charge in [-0.3, -0.25) is 14.7 Å². The highest BCUT2D eigenvalue weighted by Gasteiger charge is 2.45. The van der Waals surface area contributed by atoms with Crippen molar-refractivity contribution in [3.63, 3.8) is 0 Å². The predicted octanol–water partition coefficient (Wildman–Crippen LogP) is 4.00. The van der Waals surface area contributed by atoms with Crippen molar-refractivity contribution >= 4 is 11.0 Å². The van der Waals surface area contributed by atoms with Crippen LogP contribution in [0, 0.1) is 17.2 Å². The summed E-state index contributed by atoms with van der Waals surface area (Å²) >= 11 is 0. The molecule has 0 unspecified atom stereocenters. The minimum Gasteiger partial charge on any atom is -0.294 e. The average molecular weight is 408 g/mol. The molecule has 5 rings (SSSR count). The second kappa shape index (κ2) is 8.19. The molecule has 160 valence electrons. The van der Waals surface area contributed by atoms with Crippen molar-refractivity contribution in [2.45, 2.75) is 95.7 Å². The molecule has 2 aromatic heterocycles. The van der Waals surface area contributed by atoms with E-state index in [1.807, 2.05) is 10.9 Å². The van der Waals surface area contributed by atoms with Gasteiger partial charge in [-0.05, 0) is 69.4 Å². The lowest BCUT2D eigenvalue weighted by molar-refractivity contribution is 0.124. The summed E-state index contributed by atoms with van der Waals surface area (Å²) in [6.45, 7) is 1.51. The molecule has 0 bridgehead atoms. The van der Waals surface area contributed by atoms with Crippen LogP contribution in [0.2, 0.25) is 0 Å². The second-order valence-electron chi connectivity index (χ2n) is 9.46. The van der Waals surface area contributed by atoms with Crippen LogP contribution in [0.1, 0.15) is 81.8 Å². The molecule has 1 saturated heterocycles. The zero-order valence-corrected chi connectivity index (χ0v) is 18.0. The van der Waals surface area contributed by atoms with Crippen molar-refractivity contribution in [1.29, 1.82) is 5.26 Å². The van der Waals surface area contributed by atoms with Crippen molar-refractivity contribution in [2.75, 3.05) is 6.54 Å². The van der Waals surface area contributed by atoms with Crippen LogP contribution in [-0.4, -0.2) is 20.9 Å². The van der Waals surface area contributed by atoms with Gasteiger partial charge in [0.2, 0.25) is 0 Å². The fourth-order valence-corrected chi connectivity index (χ4v) is 6.42. The molecule has 1 aliphatic heterocycles. The average Bonchev–Trinajstić information content (AvgIpc) is 3.33. The maximum atomic E-state index is 14.1. The quantitative estimate of drug-likeness (QED) is 0.778. The first-order chi connectivity index (χ1) is 14.8. The normalized spacial score (nSPS) is 25.2. The molecule has 6 heteroatoms. The largest absolute Gasteiger partial charge is 0.294 e. The Bertz CT molecular complexity index is 1010. The van der Waals surface area contributed by atoms with Crippen molar-refractivity contribution in [2.24, 2.45) is 5.92 Å². The third-order valence-corrected chi connectivity index (χ3v) is 7.81. The van der Waals surface area contributed by atoms with Crippen LogP contribution in [0.5, 0.6) is 0 Å². The van der Waals surface area contributed by atoms with Crippen molar-refractivity contribution < 1.29 is 0 Å². The maximum absolute atomic E-state index is 14.1. The molecule has 3 aliphatic rings. The highest BCUT2D eigenvalue weighted by molar-refractivity contribution is 5.81. The van der Waals surface area contributed by atoms with E-state index in [0.717, 1.165) is 61.7 Å². The first kappa shape index (κ1) is 19.8. The lowest BCUT2D eigenvalue weighted by atomic mass is 9.83. The Kier molecular flexibility index (Phi) is 5.41. The summed E-state index contributed by atoms with van der Waals surface area (Å²) in [4.78, 5) is 14.1. The van der Waals surface area contributed by atoms with E-state index < -0.39 is 0 Å². The fourth-order valence-electron chi connectivity index (χ4n) is 6.42. The van der Waals surface area contributed by atoms with E-state index in [9.17, 15) is 10.1 Å². The van der Waals surface area contributed by atoms with Gasteiger partial charge in [0.15, 0.2) is 0 Å². The van der Waals surface area contributed by atoms with Crippen LogP contribution in [0.15, 0.2) is 11.0 Å². The number of fused-ring (bicyclic) bond motifs is 3. The Hall–Kier alpha value is -2.13. The van der Waals surface area contributed by atoms with Gasteiger partial charge < -0.3 is 0 Å². The van der Waals surface area contributed by atoms with Crippen molar-refractivity contribution in [3.8, 4) is 6.07 Å². The van der Waals surface area contributed by atoms with Crippen molar-refractivity contribution in [1.82, 2.24) is 19.7 Å². The van der Waals surface area contributed by atoms with Crippen molar-refractivity contribution in [3.05, 3.63) is 27.7 Å². The molecule has 6 nitrogen and oxygen atoms in total. The van der Waals surface area contributed by atoms with Crippen LogP contribution in [-0.2, 0) is 25.0 Å². The van der Waals surface area contributed by atoms with E-state index >= 15 is 0 Å². The lowest BCUT2D eigenvalue weighted by Crippen LogP contribution is -2.54. The third kappa shape index (κ3) is 3.10. The highest BCUT2D eigenvalue weighted by atomic mass is 16.1. The van der Waals surface area contributed by atoms with Crippen LogP contribution < -0.4 is 10.9 Å². The molecular weight excluding hydrogens is 374 g/mol. The zero-order chi connectivity index (χ0) is 20.6. The Morgan fingerprint density at radius 2 is 1.87 bits per heavy atom.